The van der Waals surface area contributed by atoms with Gasteiger partial charge in [-0.05, 0) is 55.7 Å². The smallest absolute Gasteiger partial charge is 0.254 e. The van der Waals surface area contributed by atoms with E-state index < -0.39 is 6.04 Å². The number of likely N-dealkylation sites (tertiary alicyclic amines) is 1. The Balaban J connectivity index is 1.80. The van der Waals surface area contributed by atoms with Crippen molar-refractivity contribution in [1.29, 1.82) is 0 Å². The fourth-order valence-corrected chi connectivity index (χ4v) is 3.79. The fraction of sp³-hybridized carbons (Fsp3) is 0.300. The van der Waals surface area contributed by atoms with E-state index in [9.17, 15) is 9.59 Å². The van der Waals surface area contributed by atoms with Gasteiger partial charge in [0.15, 0.2) is 0 Å². The van der Waals surface area contributed by atoms with Gasteiger partial charge in [0.2, 0.25) is 5.91 Å². The van der Waals surface area contributed by atoms with Gasteiger partial charge >= 0.3 is 0 Å². The minimum Gasteiger partial charge on any atom is -0.495 e. The molecule has 0 unspecified atom stereocenters. The molecule has 7 heteroatoms. The molecule has 142 valence electrons. The molecular formula is C20H20Cl2N2O3. The summed E-state index contributed by atoms with van der Waals surface area (Å²) in [5.41, 5.74) is 1.96. The van der Waals surface area contributed by atoms with Crippen LogP contribution in [0.3, 0.4) is 0 Å². The van der Waals surface area contributed by atoms with Crippen LogP contribution in [0.4, 0.5) is 5.69 Å². The van der Waals surface area contributed by atoms with Crippen LogP contribution in [0.5, 0.6) is 5.75 Å². The molecule has 1 heterocycles. The summed E-state index contributed by atoms with van der Waals surface area (Å²) in [6, 6.07) is 9.69. The van der Waals surface area contributed by atoms with Crippen molar-refractivity contribution in [2.45, 2.75) is 25.8 Å². The number of carbonyl (C=O) groups is 2. The predicted molar refractivity (Wildman–Crippen MR) is 107 cm³/mol. The summed E-state index contributed by atoms with van der Waals surface area (Å²) in [5, 5.41) is 3.66. The maximum Gasteiger partial charge on any atom is 0.254 e. The molecule has 0 saturated carbocycles. The number of aryl methyl sites for hydroxylation is 1. The van der Waals surface area contributed by atoms with Crippen LogP contribution in [-0.4, -0.2) is 36.4 Å². The number of ether oxygens (including phenoxy) is 1. The first-order valence-corrected chi connectivity index (χ1v) is 9.37. The Morgan fingerprint density at radius 2 is 1.85 bits per heavy atom. The van der Waals surface area contributed by atoms with Crippen molar-refractivity contribution < 1.29 is 14.3 Å². The van der Waals surface area contributed by atoms with E-state index in [0.29, 0.717) is 40.0 Å². The second-order valence-electron chi connectivity index (χ2n) is 6.51. The van der Waals surface area contributed by atoms with Crippen molar-refractivity contribution in [3.8, 4) is 5.75 Å². The van der Waals surface area contributed by atoms with E-state index in [4.69, 9.17) is 27.9 Å². The quantitative estimate of drug-likeness (QED) is 0.809. The number of hydrogen-bond donors (Lipinski definition) is 1. The van der Waals surface area contributed by atoms with Crippen molar-refractivity contribution in [3.63, 3.8) is 0 Å². The number of amides is 2. The van der Waals surface area contributed by atoms with Crippen molar-refractivity contribution in [2.75, 3.05) is 19.0 Å². The normalized spacial score (nSPS) is 16.3. The minimum atomic E-state index is -0.555. The number of carbonyl (C=O) groups excluding carboxylic acids is 2. The zero-order valence-corrected chi connectivity index (χ0v) is 16.6. The van der Waals surface area contributed by atoms with Gasteiger partial charge in [-0.1, -0.05) is 29.3 Å². The molecule has 1 N–H and O–H groups in total. The number of halogens is 2. The lowest BCUT2D eigenvalue weighted by atomic mass is 10.1. The van der Waals surface area contributed by atoms with Gasteiger partial charge in [-0.25, -0.2) is 0 Å². The monoisotopic (exact) mass is 406 g/mol. The molecule has 3 rings (SSSR count). The first-order valence-electron chi connectivity index (χ1n) is 8.61. The van der Waals surface area contributed by atoms with Crippen LogP contribution in [-0.2, 0) is 4.79 Å². The molecule has 0 bridgehead atoms. The van der Waals surface area contributed by atoms with E-state index >= 15 is 0 Å². The number of hydrogen-bond acceptors (Lipinski definition) is 3. The van der Waals surface area contributed by atoms with E-state index in [1.165, 1.54) is 0 Å². The van der Waals surface area contributed by atoms with Crippen LogP contribution >= 0.6 is 23.2 Å². The molecule has 1 aliphatic rings. The zero-order valence-electron chi connectivity index (χ0n) is 15.1. The number of rotatable bonds is 4. The van der Waals surface area contributed by atoms with Crippen molar-refractivity contribution >= 4 is 40.7 Å². The molecule has 0 spiro atoms. The van der Waals surface area contributed by atoms with E-state index in [1.807, 2.05) is 19.1 Å². The summed E-state index contributed by atoms with van der Waals surface area (Å²) in [5.74, 6) is 0.0811. The standard InChI is InChI=1S/C20H20Cl2N2O3/c1-12-5-6-18(27-2)16(8-12)23-19(25)17-4-3-7-24(17)20(26)13-9-14(21)11-15(22)10-13/h5-6,8-11,17H,3-4,7H2,1-2H3,(H,23,25)/t17-/m1/s1. The van der Waals surface area contributed by atoms with Gasteiger partial charge in [-0.3, -0.25) is 9.59 Å². The third-order valence-corrected chi connectivity index (χ3v) is 4.98. The average Bonchev–Trinajstić information content (AvgIpc) is 3.10. The summed E-state index contributed by atoms with van der Waals surface area (Å²) in [6.07, 6.45) is 1.35. The van der Waals surface area contributed by atoms with Gasteiger partial charge in [0.1, 0.15) is 11.8 Å². The zero-order chi connectivity index (χ0) is 19.6. The van der Waals surface area contributed by atoms with Gasteiger partial charge in [0, 0.05) is 22.2 Å². The van der Waals surface area contributed by atoms with Crippen LogP contribution in [0, 0.1) is 6.92 Å². The highest BCUT2D eigenvalue weighted by Crippen LogP contribution is 2.28. The molecule has 0 radical (unpaired) electrons. The lowest BCUT2D eigenvalue weighted by molar-refractivity contribution is -0.119. The fourth-order valence-electron chi connectivity index (χ4n) is 3.26. The summed E-state index contributed by atoms with van der Waals surface area (Å²) >= 11 is 12.0. The SMILES string of the molecule is COc1ccc(C)cc1NC(=O)[C@H]1CCCN1C(=O)c1cc(Cl)cc(Cl)c1. The number of methoxy groups -OCH3 is 1. The third-order valence-electron chi connectivity index (χ3n) is 4.54. The molecule has 2 aromatic carbocycles. The van der Waals surface area contributed by atoms with Gasteiger partial charge < -0.3 is 15.0 Å². The Hall–Kier alpha value is -2.24. The topological polar surface area (TPSA) is 58.6 Å². The summed E-state index contributed by atoms with van der Waals surface area (Å²) in [6.45, 7) is 2.44. The van der Waals surface area contributed by atoms with Crippen molar-refractivity contribution in [2.24, 2.45) is 0 Å². The summed E-state index contributed by atoms with van der Waals surface area (Å²) in [7, 11) is 1.55. The number of anilines is 1. The minimum absolute atomic E-state index is 0.238. The molecule has 1 saturated heterocycles. The van der Waals surface area contributed by atoms with Crippen molar-refractivity contribution in [3.05, 3.63) is 57.6 Å². The molecule has 2 amide bonds. The third kappa shape index (κ3) is 4.37. The first-order chi connectivity index (χ1) is 12.9. The maximum absolute atomic E-state index is 12.9. The number of nitrogens with one attached hydrogen (secondary N) is 1. The lowest BCUT2D eigenvalue weighted by Crippen LogP contribution is -2.43. The molecule has 0 aliphatic carbocycles. The Morgan fingerprint density at radius 3 is 2.52 bits per heavy atom. The Bertz CT molecular complexity index is 865. The maximum atomic E-state index is 12.9. The Labute approximate surface area is 168 Å². The molecule has 1 aliphatic heterocycles. The number of benzene rings is 2. The van der Waals surface area contributed by atoms with Crippen LogP contribution in [0.15, 0.2) is 36.4 Å². The second-order valence-corrected chi connectivity index (χ2v) is 7.38. The molecule has 5 nitrogen and oxygen atoms in total. The van der Waals surface area contributed by atoms with Gasteiger partial charge in [-0.2, -0.15) is 0 Å². The average molecular weight is 407 g/mol. The van der Waals surface area contributed by atoms with Crippen LogP contribution in [0.2, 0.25) is 10.0 Å². The summed E-state index contributed by atoms with van der Waals surface area (Å²) in [4.78, 5) is 27.3. The highest BCUT2D eigenvalue weighted by Gasteiger charge is 2.35. The number of nitrogens with zero attached hydrogens (tertiary/aromatic N) is 1. The Morgan fingerprint density at radius 1 is 1.15 bits per heavy atom. The molecular weight excluding hydrogens is 387 g/mol. The van der Waals surface area contributed by atoms with Gasteiger partial charge in [-0.15, -0.1) is 0 Å². The largest absolute Gasteiger partial charge is 0.495 e. The molecule has 27 heavy (non-hydrogen) atoms. The molecule has 1 atom stereocenters. The first kappa shape index (κ1) is 19.5. The molecule has 0 aromatic heterocycles. The van der Waals surface area contributed by atoms with E-state index in [1.54, 1.807) is 36.3 Å². The molecule has 2 aromatic rings. The Kier molecular flexibility index (Phi) is 5.92. The lowest BCUT2D eigenvalue weighted by Gasteiger charge is -2.24. The van der Waals surface area contributed by atoms with Crippen LogP contribution in [0.25, 0.3) is 0 Å². The highest BCUT2D eigenvalue weighted by atomic mass is 35.5. The van der Waals surface area contributed by atoms with Gasteiger partial charge in [0.25, 0.3) is 5.91 Å². The van der Waals surface area contributed by atoms with E-state index in [0.717, 1.165) is 12.0 Å². The van der Waals surface area contributed by atoms with Crippen LogP contribution < -0.4 is 10.1 Å². The summed E-state index contributed by atoms with van der Waals surface area (Å²) < 4.78 is 5.31. The second kappa shape index (κ2) is 8.19. The van der Waals surface area contributed by atoms with E-state index in [2.05, 4.69) is 5.32 Å². The van der Waals surface area contributed by atoms with Gasteiger partial charge in [0.05, 0.1) is 12.8 Å². The van der Waals surface area contributed by atoms with Crippen molar-refractivity contribution in [1.82, 2.24) is 4.90 Å². The van der Waals surface area contributed by atoms with E-state index in [-0.39, 0.29) is 11.8 Å². The highest BCUT2D eigenvalue weighted by molar-refractivity contribution is 6.35. The van der Waals surface area contributed by atoms with Crippen LogP contribution in [0.1, 0.15) is 28.8 Å². The molecule has 1 fully saturated rings. The predicted octanol–water partition coefficient (Wildman–Crippen LogP) is 4.55.